The molecule has 4 saturated heterocycles. The van der Waals surface area contributed by atoms with Crippen molar-refractivity contribution in [1.82, 2.24) is 0 Å². The molecule has 0 saturated carbocycles. The van der Waals surface area contributed by atoms with E-state index in [4.69, 9.17) is 0 Å². The smallest absolute Gasteiger partial charge is 0.0755 e. The first kappa shape index (κ1) is 33.1. The molecule has 0 radical (unpaired) electrons. The Kier molecular flexibility index (Phi) is 22.6. The number of hydrogen-bond acceptors (Lipinski definition) is 7. The summed E-state index contributed by atoms with van der Waals surface area (Å²) < 4.78 is 21.2. The lowest BCUT2D eigenvalue weighted by Crippen LogP contribution is -2.85. The highest BCUT2D eigenvalue weighted by atomic mass is 31.3. The molecular formula is C20H48N4O7P2. The molecule has 0 unspecified atom stereocenters. The highest BCUT2D eigenvalue weighted by molar-refractivity contribution is 7.57. The maximum Gasteiger partial charge on any atom is 0.0755 e. The van der Waals surface area contributed by atoms with Crippen LogP contribution < -0.4 is 40.8 Å². The molecule has 8 N–H and O–H groups in total. The molecule has 13 heteroatoms. The van der Waals surface area contributed by atoms with Crippen molar-refractivity contribution in [2.45, 2.75) is 77.0 Å². The molecule has 200 valence electrons. The zero-order chi connectivity index (χ0) is 24.7. The van der Waals surface area contributed by atoms with Crippen LogP contribution in [-0.4, -0.2) is 52.4 Å². The number of rotatable bonds is 2. The zero-order valence-corrected chi connectivity index (χ0v) is 22.0. The molecule has 0 aliphatic carbocycles. The third-order valence-electron chi connectivity index (χ3n) is 5.47. The van der Waals surface area contributed by atoms with Gasteiger partial charge in [0.2, 0.25) is 0 Å². The van der Waals surface area contributed by atoms with E-state index in [0.717, 1.165) is 0 Å². The Hall–Kier alpha value is 0.100. The Balaban J connectivity index is 0.000000391. The molecule has 0 atom stereocenters. The van der Waals surface area contributed by atoms with Gasteiger partial charge in [-0.25, -0.2) is 0 Å². The highest BCUT2D eigenvalue weighted by Gasteiger charge is 1.99. The number of nitrogens with two attached hydrogens (primary N) is 4. The van der Waals surface area contributed by atoms with Gasteiger partial charge in [0.15, 0.2) is 0 Å². The molecule has 4 rings (SSSR count). The number of quaternary nitrogens is 4. The van der Waals surface area contributed by atoms with E-state index < -0.39 is 15.6 Å². The Bertz CT molecular complexity index is 391. The molecular weight excluding hydrogens is 470 g/mol. The van der Waals surface area contributed by atoms with E-state index in [9.17, 15) is 28.7 Å². The largest absolute Gasteiger partial charge is 0.790 e. The first-order valence-electron chi connectivity index (χ1n) is 12.7. The fourth-order valence-electron chi connectivity index (χ4n) is 3.72. The van der Waals surface area contributed by atoms with Gasteiger partial charge >= 0.3 is 0 Å². The van der Waals surface area contributed by atoms with Crippen molar-refractivity contribution in [3.8, 4) is 0 Å². The van der Waals surface area contributed by atoms with Gasteiger partial charge in [0.25, 0.3) is 0 Å². The standard InChI is InChI=1S/4C5H11N.H4O7P2/c4*1-2-4-6-5-3-1;1-8(2,3)7-9(4,5)6/h4*6H,1-5H2;(H2,1,2,3)(H2,4,5,6). The fraction of sp³-hybridized carbons (Fsp3) is 1.00. The number of phosphoric acid groups is 2. The lowest BCUT2D eigenvalue weighted by molar-refractivity contribution is -0.662. The van der Waals surface area contributed by atoms with Crippen LogP contribution in [0.2, 0.25) is 0 Å². The quantitative estimate of drug-likeness (QED) is 0.264. The van der Waals surface area contributed by atoms with Crippen LogP contribution in [0, 0.1) is 0 Å². The molecule has 11 nitrogen and oxygen atoms in total. The van der Waals surface area contributed by atoms with E-state index in [1.165, 1.54) is 129 Å². The minimum Gasteiger partial charge on any atom is -0.790 e. The van der Waals surface area contributed by atoms with Crippen molar-refractivity contribution in [2.75, 3.05) is 52.4 Å². The maximum absolute atomic E-state index is 9.32. The van der Waals surface area contributed by atoms with Gasteiger partial charge in [0.05, 0.1) is 68.0 Å². The van der Waals surface area contributed by atoms with Crippen LogP contribution in [0.15, 0.2) is 0 Å². The van der Waals surface area contributed by atoms with Crippen molar-refractivity contribution < 1.29 is 54.3 Å². The Morgan fingerprint density at radius 2 is 0.576 bits per heavy atom. The normalized spacial score (nSPS) is 21.2. The average molecular weight is 519 g/mol. The molecule has 4 heterocycles. The van der Waals surface area contributed by atoms with Crippen molar-refractivity contribution in [3.05, 3.63) is 0 Å². The Morgan fingerprint density at radius 3 is 0.606 bits per heavy atom. The second-order valence-corrected chi connectivity index (χ2v) is 11.1. The minimum absolute atomic E-state index is 1.38. The van der Waals surface area contributed by atoms with E-state index in [-0.39, 0.29) is 0 Å². The second-order valence-electron chi connectivity index (χ2n) is 8.68. The Labute approximate surface area is 199 Å². The van der Waals surface area contributed by atoms with Crippen molar-refractivity contribution in [2.24, 2.45) is 0 Å². The fourth-order valence-corrected chi connectivity index (χ4v) is 4.70. The van der Waals surface area contributed by atoms with Crippen LogP contribution in [0.1, 0.15) is 77.0 Å². The summed E-state index contributed by atoms with van der Waals surface area (Å²) in [4.78, 5) is 37.3. The first-order valence-corrected chi connectivity index (χ1v) is 15.6. The summed E-state index contributed by atoms with van der Waals surface area (Å²) in [6.07, 6.45) is 17.4. The summed E-state index contributed by atoms with van der Waals surface area (Å²) in [5.41, 5.74) is 0. The SMILES string of the molecule is C1CC[NH2+]CC1.C1CC[NH2+]CC1.C1CC[NH2+]CC1.C1CC[NH2+]CC1.O=P([O-])([O-])OP(=O)([O-])[O-]. The van der Waals surface area contributed by atoms with E-state index in [1.54, 1.807) is 0 Å². The second kappa shape index (κ2) is 22.6. The molecule has 4 aliphatic heterocycles. The zero-order valence-electron chi connectivity index (χ0n) is 20.2. The van der Waals surface area contributed by atoms with Gasteiger partial charge in [-0.05, 0) is 77.0 Å². The van der Waals surface area contributed by atoms with Crippen LogP contribution in [0.4, 0.5) is 0 Å². The number of hydrogen-bond donors (Lipinski definition) is 4. The van der Waals surface area contributed by atoms with Crippen molar-refractivity contribution in [3.63, 3.8) is 0 Å². The summed E-state index contributed by atoms with van der Waals surface area (Å²) >= 11 is 0. The third kappa shape index (κ3) is 32.1. The predicted molar refractivity (Wildman–Crippen MR) is 118 cm³/mol. The minimum atomic E-state index is -5.68. The summed E-state index contributed by atoms with van der Waals surface area (Å²) in [5, 5.41) is 9.57. The van der Waals surface area contributed by atoms with Crippen LogP contribution in [0.25, 0.3) is 0 Å². The van der Waals surface area contributed by atoms with Gasteiger partial charge < -0.3 is 54.3 Å². The maximum atomic E-state index is 9.32. The van der Waals surface area contributed by atoms with E-state index >= 15 is 0 Å². The van der Waals surface area contributed by atoms with Gasteiger partial charge in [-0.3, -0.25) is 0 Å². The van der Waals surface area contributed by atoms with Gasteiger partial charge in [-0.15, -0.1) is 0 Å². The van der Waals surface area contributed by atoms with Gasteiger partial charge in [0.1, 0.15) is 0 Å². The highest BCUT2D eigenvalue weighted by Crippen LogP contribution is 2.42. The molecule has 0 aromatic rings. The van der Waals surface area contributed by atoms with Crippen molar-refractivity contribution in [1.29, 1.82) is 0 Å². The molecule has 4 aliphatic rings. The monoisotopic (exact) mass is 518 g/mol. The summed E-state index contributed by atoms with van der Waals surface area (Å²) in [6.45, 7) is 11.0. The van der Waals surface area contributed by atoms with Gasteiger partial charge in [0, 0.05) is 0 Å². The number of piperidine rings is 4. The Morgan fingerprint density at radius 1 is 0.394 bits per heavy atom. The average Bonchev–Trinajstić information content (AvgIpc) is 2.83. The molecule has 4 fully saturated rings. The lowest BCUT2D eigenvalue weighted by Gasteiger charge is -2.39. The van der Waals surface area contributed by atoms with Gasteiger partial charge in [-0.1, -0.05) is 0 Å². The van der Waals surface area contributed by atoms with Crippen LogP contribution >= 0.6 is 15.6 Å². The lowest BCUT2D eigenvalue weighted by atomic mass is 10.2. The molecule has 0 spiro atoms. The molecule has 0 aromatic heterocycles. The molecule has 33 heavy (non-hydrogen) atoms. The topological polar surface area (TPSA) is 202 Å². The van der Waals surface area contributed by atoms with E-state index in [1.807, 2.05) is 0 Å². The predicted octanol–water partition coefficient (Wildman–Crippen LogP) is -4.40. The van der Waals surface area contributed by atoms with Crippen LogP contribution in [0.5, 0.6) is 0 Å². The summed E-state index contributed by atoms with van der Waals surface area (Å²) in [6, 6.07) is 0. The van der Waals surface area contributed by atoms with Crippen LogP contribution in [0.3, 0.4) is 0 Å². The van der Waals surface area contributed by atoms with E-state index in [0.29, 0.717) is 0 Å². The van der Waals surface area contributed by atoms with E-state index in [2.05, 4.69) is 25.6 Å². The molecule has 0 bridgehead atoms. The van der Waals surface area contributed by atoms with Crippen molar-refractivity contribution >= 4 is 15.6 Å². The van der Waals surface area contributed by atoms with Crippen LogP contribution in [-0.2, 0) is 13.4 Å². The summed E-state index contributed by atoms with van der Waals surface area (Å²) in [5.74, 6) is 0. The summed E-state index contributed by atoms with van der Waals surface area (Å²) in [7, 11) is -11.4. The first-order chi connectivity index (χ1) is 15.7. The molecule has 0 amide bonds. The molecule has 0 aromatic carbocycles. The van der Waals surface area contributed by atoms with Gasteiger partial charge in [-0.2, -0.15) is 0 Å². The third-order valence-corrected chi connectivity index (χ3v) is 7.07.